The fourth-order valence-corrected chi connectivity index (χ4v) is 2.40. The number of amides is 1. The van der Waals surface area contributed by atoms with Crippen molar-refractivity contribution in [3.63, 3.8) is 0 Å². The summed E-state index contributed by atoms with van der Waals surface area (Å²) in [6, 6.07) is 3.75. The molecule has 0 fully saturated rings. The Bertz CT molecular complexity index is 472. The highest BCUT2D eigenvalue weighted by Crippen LogP contribution is 2.24. The van der Waals surface area contributed by atoms with Crippen LogP contribution < -0.4 is 5.32 Å². The third kappa shape index (κ3) is 2.77. The highest BCUT2D eigenvalue weighted by molar-refractivity contribution is 7.08. The summed E-state index contributed by atoms with van der Waals surface area (Å²) in [5, 5.41) is 7.08. The zero-order chi connectivity index (χ0) is 12.3. The van der Waals surface area contributed by atoms with E-state index < -0.39 is 0 Å². The van der Waals surface area contributed by atoms with Gasteiger partial charge in [0.2, 0.25) is 0 Å². The van der Waals surface area contributed by atoms with Crippen LogP contribution in [0.25, 0.3) is 0 Å². The fraction of sp³-hybridized carbons (Fsp3) is 0.308. The second-order valence-electron chi connectivity index (χ2n) is 4.59. The Morgan fingerprint density at radius 1 is 1.47 bits per heavy atom. The number of nitrogens with one attached hydrogen (secondary N) is 1. The van der Waals surface area contributed by atoms with Gasteiger partial charge >= 0.3 is 0 Å². The summed E-state index contributed by atoms with van der Waals surface area (Å²) >= 11 is 1.67. The first-order valence-electron chi connectivity index (χ1n) is 5.43. The lowest BCUT2D eigenvalue weighted by molar-refractivity contribution is 0.0945. The van der Waals surface area contributed by atoms with Crippen LogP contribution in [0.4, 0.5) is 0 Å². The van der Waals surface area contributed by atoms with E-state index in [1.54, 1.807) is 17.4 Å². The molecule has 0 aliphatic heterocycles. The second kappa shape index (κ2) is 4.75. The van der Waals surface area contributed by atoms with Gasteiger partial charge in [0.1, 0.15) is 6.26 Å². The van der Waals surface area contributed by atoms with E-state index in [2.05, 4.69) is 36.0 Å². The topological polar surface area (TPSA) is 42.2 Å². The fourth-order valence-electron chi connectivity index (χ4n) is 1.55. The average Bonchev–Trinajstić information content (AvgIpc) is 2.97. The molecule has 3 nitrogen and oxygen atoms in total. The smallest absolute Gasteiger partial charge is 0.254 e. The molecule has 17 heavy (non-hydrogen) atoms. The molecule has 4 heteroatoms. The molecule has 0 saturated carbocycles. The monoisotopic (exact) mass is 249 g/mol. The molecular weight excluding hydrogens is 234 g/mol. The third-order valence-corrected chi connectivity index (χ3v) is 3.46. The standard InChI is InChI=1S/C13H15NO2S/c1-13(2,11-4-6-17-8-11)9-14-12(15)10-3-5-16-7-10/h3-8H,9H2,1-2H3,(H,14,15). The summed E-state index contributed by atoms with van der Waals surface area (Å²) in [5.41, 5.74) is 1.75. The van der Waals surface area contributed by atoms with Crippen molar-refractivity contribution in [3.05, 3.63) is 46.5 Å². The molecule has 0 aromatic carbocycles. The predicted molar refractivity (Wildman–Crippen MR) is 68.4 cm³/mol. The van der Waals surface area contributed by atoms with Crippen molar-refractivity contribution in [1.82, 2.24) is 5.32 Å². The minimum atomic E-state index is -0.0953. The normalized spacial score (nSPS) is 11.4. The van der Waals surface area contributed by atoms with E-state index in [1.165, 1.54) is 18.1 Å². The van der Waals surface area contributed by atoms with Gasteiger partial charge in [0, 0.05) is 12.0 Å². The molecule has 1 amide bonds. The third-order valence-electron chi connectivity index (χ3n) is 2.78. The van der Waals surface area contributed by atoms with Gasteiger partial charge in [-0.1, -0.05) is 13.8 Å². The van der Waals surface area contributed by atoms with Crippen molar-refractivity contribution < 1.29 is 9.21 Å². The molecule has 2 aromatic heterocycles. The Balaban J connectivity index is 1.96. The van der Waals surface area contributed by atoms with Crippen LogP contribution in [0, 0.1) is 0 Å². The number of furan rings is 1. The van der Waals surface area contributed by atoms with E-state index in [1.807, 2.05) is 0 Å². The van der Waals surface area contributed by atoms with Crippen LogP contribution in [0.5, 0.6) is 0 Å². The molecule has 0 radical (unpaired) electrons. The molecular formula is C13H15NO2S. The van der Waals surface area contributed by atoms with Crippen molar-refractivity contribution in [2.45, 2.75) is 19.3 Å². The molecule has 0 atom stereocenters. The predicted octanol–water partition coefficient (Wildman–Crippen LogP) is 3.05. The minimum absolute atomic E-state index is 0.0562. The molecule has 0 bridgehead atoms. The summed E-state index contributed by atoms with van der Waals surface area (Å²) in [6.07, 6.45) is 2.95. The molecule has 0 unspecified atom stereocenters. The maximum atomic E-state index is 11.8. The summed E-state index contributed by atoms with van der Waals surface area (Å²) in [4.78, 5) is 11.8. The van der Waals surface area contributed by atoms with Gasteiger partial charge in [-0.25, -0.2) is 0 Å². The lowest BCUT2D eigenvalue weighted by Crippen LogP contribution is -2.36. The van der Waals surface area contributed by atoms with Crippen LogP contribution in [-0.2, 0) is 5.41 Å². The number of thiophene rings is 1. The summed E-state index contributed by atoms with van der Waals surface area (Å²) in [5.74, 6) is -0.0953. The molecule has 2 aromatic rings. The van der Waals surface area contributed by atoms with Crippen LogP contribution in [0.3, 0.4) is 0 Å². The molecule has 0 saturated heterocycles. The Hall–Kier alpha value is -1.55. The molecule has 1 N–H and O–H groups in total. The molecule has 90 valence electrons. The van der Waals surface area contributed by atoms with Crippen molar-refractivity contribution >= 4 is 17.2 Å². The summed E-state index contributed by atoms with van der Waals surface area (Å²) in [6.45, 7) is 4.84. The maximum Gasteiger partial charge on any atom is 0.254 e. The SMILES string of the molecule is CC(C)(CNC(=O)c1ccoc1)c1ccsc1. The molecule has 0 spiro atoms. The van der Waals surface area contributed by atoms with E-state index in [-0.39, 0.29) is 11.3 Å². The highest BCUT2D eigenvalue weighted by atomic mass is 32.1. The summed E-state index contributed by atoms with van der Waals surface area (Å²) in [7, 11) is 0. The van der Waals surface area contributed by atoms with Crippen molar-refractivity contribution in [1.29, 1.82) is 0 Å². The van der Waals surface area contributed by atoms with E-state index in [9.17, 15) is 4.79 Å². The number of hydrogen-bond acceptors (Lipinski definition) is 3. The van der Waals surface area contributed by atoms with Gasteiger partial charge in [-0.15, -0.1) is 0 Å². The van der Waals surface area contributed by atoms with E-state index in [4.69, 9.17) is 4.42 Å². The first-order valence-corrected chi connectivity index (χ1v) is 6.37. The molecule has 2 rings (SSSR count). The largest absolute Gasteiger partial charge is 0.472 e. The van der Waals surface area contributed by atoms with Crippen molar-refractivity contribution in [2.24, 2.45) is 0 Å². The van der Waals surface area contributed by atoms with Crippen LogP contribution in [-0.4, -0.2) is 12.5 Å². The van der Waals surface area contributed by atoms with Gasteiger partial charge in [0.15, 0.2) is 0 Å². The lowest BCUT2D eigenvalue weighted by atomic mass is 9.86. The van der Waals surface area contributed by atoms with Gasteiger partial charge in [-0.05, 0) is 28.5 Å². The van der Waals surface area contributed by atoms with E-state index >= 15 is 0 Å². The molecule has 2 heterocycles. The van der Waals surface area contributed by atoms with Crippen molar-refractivity contribution in [2.75, 3.05) is 6.54 Å². The zero-order valence-electron chi connectivity index (χ0n) is 9.90. The van der Waals surface area contributed by atoms with Crippen LogP contribution >= 0.6 is 11.3 Å². The first kappa shape index (κ1) is 11.9. The first-order chi connectivity index (χ1) is 8.09. The van der Waals surface area contributed by atoms with E-state index in [0.717, 1.165) is 0 Å². The summed E-state index contributed by atoms with van der Waals surface area (Å²) < 4.78 is 4.88. The Labute approximate surface area is 104 Å². The van der Waals surface area contributed by atoms with Crippen molar-refractivity contribution in [3.8, 4) is 0 Å². The Morgan fingerprint density at radius 3 is 2.88 bits per heavy atom. The second-order valence-corrected chi connectivity index (χ2v) is 5.37. The van der Waals surface area contributed by atoms with Gasteiger partial charge in [-0.2, -0.15) is 11.3 Å². The van der Waals surface area contributed by atoms with Gasteiger partial charge in [-0.3, -0.25) is 4.79 Å². The highest BCUT2D eigenvalue weighted by Gasteiger charge is 2.22. The zero-order valence-corrected chi connectivity index (χ0v) is 10.7. The maximum absolute atomic E-state index is 11.8. The van der Waals surface area contributed by atoms with E-state index in [0.29, 0.717) is 12.1 Å². The van der Waals surface area contributed by atoms with Gasteiger partial charge in [0.25, 0.3) is 5.91 Å². The Morgan fingerprint density at radius 2 is 2.29 bits per heavy atom. The number of hydrogen-bond donors (Lipinski definition) is 1. The number of carbonyl (C=O) groups excluding carboxylic acids is 1. The van der Waals surface area contributed by atoms with Crippen LogP contribution in [0.1, 0.15) is 29.8 Å². The molecule has 0 aliphatic rings. The van der Waals surface area contributed by atoms with Crippen LogP contribution in [0.15, 0.2) is 39.8 Å². The average molecular weight is 249 g/mol. The van der Waals surface area contributed by atoms with Crippen LogP contribution in [0.2, 0.25) is 0 Å². The number of carbonyl (C=O) groups is 1. The molecule has 0 aliphatic carbocycles. The van der Waals surface area contributed by atoms with Gasteiger partial charge in [0.05, 0.1) is 11.8 Å². The minimum Gasteiger partial charge on any atom is -0.472 e. The number of rotatable bonds is 4. The quantitative estimate of drug-likeness (QED) is 0.905. The Kier molecular flexibility index (Phi) is 3.33. The lowest BCUT2D eigenvalue weighted by Gasteiger charge is -2.24. The van der Waals surface area contributed by atoms with Gasteiger partial charge < -0.3 is 9.73 Å².